The van der Waals surface area contributed by atoms with Crippen LogP contribution in [0.1, 0.15) is 12.5 Å². The molecule has 0 aliphatic heterocycles. The maximum Gasteiger partial charge on any atom is 0.258 e. The minimum absolute atomic E-state index is 0.0644. The summed E-state index contributed by atoms with van der Waals surface area (Å²) in [6.07, 6.45) is 0. The van der Waals surface area contributed by atoms with Crippen molar-refractivity contribution >= 4 is 32.6 Å². The van der Waals surface area contributed by atoms with E-state index in [9.17, 15) is 4.79 Å². The van der Waals surface area contributed by atoms with Gasteiger partial charge in [-0.3, -0.25) is 4.79 Å². The molecule has 0 bridgehead atoms. The van der Waals surface area contributed by atoms with Crippen LogP contribution < -0.4 is 19.5 Å². The molecular weight excluding hydrogens is 422 g/mol. The van der Waals surface area contributed by atoms with Crippen LogP contribution in [0.2, 0.25) is 0 Å². The van der Waals surface area contributed by atoms with Crippen LogP contribution in [0.15, 0.2) is 59.1 Å². The number of fused-ring (bicyclic) bond motifs is 1. The van der Waals surface area contributed by atoms with Crippen molar-refractivity contribution in [2.24, 2.45) is 0 Å². The number of benzene rings is 3. The lowest BCUT2D eigenvalue weighted by atomic mass is 10.1. The van der Waals surface area contributed by atoms with Gasteiger partial charge in [0.1, 0.15) is 5.75 Å². The second-order valence-electron chi connectivity index (χ2n) is 6.08. The SMILES string of the molecule is CCOc1ccc(CNC(=O)COc2ccc3ccccc3c2Br)cc1OC. The minimum atomic E-state index is -0.201. The van der Waals surface area contributed by atoms with Crippen LogP contribution in [-0.4, -0.2) is 26.2 Å². The molecule has 0 fully saturated rings. The van der Waals surface area contributed by atoms with Gasteiger partial charge in [-0.2, -0.15) is 0 Å². The first-order valence-corrected chi connectivity index (χ1v) is 9.78. The standard InChI is InChI=1S/C22H22BrNO4/c1-3-27-18-10-8-15(12-20(18)26-2)13-24-21(25)14-28-19-11-9-16-6-4-5-7-17(16)22(19)23/h4-12H,3,13-14H2,1-2H3,(H,24,25). The van der Waals surface area contributed by atoms with E-state index in [0.29, 0.717) is 30.4 Å². The summed E-state index contributed by atoms with van der Waals surface area (Å²) < 4.78 is 17.4. The Hall–Kier alpha value is -2.73. The van der Waals surface area contributed by atoms with E-state index in [0.717, 1.165) is 20.8 Å². The number of amides is 1. The Morgan fingerprint density at radius 1 is 1.00 bits per heavy atom. The third-order valence-corrected chi connectivity index (χ3v) is 5.02. The zero-order valence-electron chi connectivity index (χ0n) is 15.8. The quantitative estimate of drug-likeness (QED) is 0.547. The van der Waals surface area contributed by atoms with Gasteiger partial charge in [0.2, 0.25) is 0 Å². The number of halogens is 1. The first kappa shape index (κ1) is 20.0. The summed E-state index contributed by atoms with van der Waals surface area (Å²) in [5, 5.41) is 5.00. The fourth-order valence-corrected chi connectivity index (χ4v) is 3.42. The third kappa shape index (κ3) is 4.75. The van der Waals surface area contributed by atoms with Gasteiger partial charge in [-0.1, -0.05) is 36.4 Å². The Balaban J connectivity index is 1.57. The first-order chi connectivity index (χ1) is 13.6. The van der Waals surface area contributed by atoms with Crippen molar-refractivity contribution in [2.45, 2.75) is 13.5 Å². The average Bonchev–Trinajstić information content (AvgIpc) is 2.73. The van der Waals surface area contributed by atoms with Crippen LogP contribution in [-0.2, 0) is 11.3 Å². The molecule has 1 amide bonds. The molecule has 3 rings (SSSR count). The molecule has 0 aliphatic carbocycles. The predicted octanol–water partition coefficient (Wildman–Crippen LogP) is 4.70. The van der Waals surface area contributed by atoms with Gasteiger partial charge in [0.05, 0.1) is 18.2 Å². The molecular formula is C22H22BrNO4. The highest BCUT2D eigenvalue weighted by molar-refractivity contribution is 9.10. The van der Waals surface area contributed by atoms with Crippen molar-refractivity contribution in [1.29, 1.82) is 0 Å². The number of carbonyl (C=O) groups excluding carboxylic acids is 1. The normalized spacial score (nSPS) is 10.5. The van der Waals surface area contributed by atoms with Gasteiger partial charge in [0.15, 0.2) is 18.1 Å². The fraction of sp³-hybridized carbons (Fsp3) is 0.227. The number of hydrogen-bond acceptors (Lipinski definition) is 4. The highest BCUT2D eigenvalue weighted by atomic mass is 79.9. The van der Waals surface area contributed by atoms with Crippen LogP contribution in [0.25, 0.3) is 10.8 Å². The molecule has 28 heavy (non-hydrogen) atoms. The summed E-state index contributed by atoms with van der Waals surface area (Å²) in [5.74, 6) is 1.76. The number of nitrogens with one attached hydrogen (secondary N) is 1. The van der Waals surface area contributed by atoms with Crippen molar-refractivity contribution in [1.82, 2.24) is 5.32 Å². The lowest BCUT2D eigenvalue weighted by molar-refractivity contribution is -0.123. The van der Waals surface area contributed by atoms with E-state index in [2.05, 4.69) is 21.2 Å². The van der Waals surface area contributed by atoms with Crippen molar-refractivity contribution in [2.75, 3.05) is 20.3 Å². The van der Waals surface area contributed by atoms with Crippen LogP contribution in [0.5, 0.6) is 17.2 Å². The molecule has 0 aliphatic rings. The molecule has 0 aromatic heterocycles. The molecule has 0 radical (unpaired) electrons. The summed E-state index contributed by atoms with van der Waals surface area (Å²) in [4.78, 5) is 12.2. The average molecular weight is 444 g/mol. The van der Waals surface area contributed by atoms with Gasteiger partial charge in [-0.05, 0) is 57.4 Å². The van der Waals surface area contributed by atoms with Gasteiger partial charge in [-0.15, -0.1) is 0 Å². The summed E-state index contributed by atoms with van der Waals surface area (Å²) in [6.45, 7) is 2.80. The summed E-state index contributed by atoms with van der Waals surface area (Å²) in [6, 6.07) is 17.4. The second kappa shape index (κ2) is 9.46. The van der Waals surface area contributed by atoms with Gasteiger partial charge in [0.25, 0.3) is 5.91 Å². The third-order valence-electron chi connectivity index (χ3n) is 4.20. The smallest absolute Gasteiger partial charge is 0.258 e. The van der Waals surface area contributed by atoms with Crippen molar-refractivity contribution in [3.05, 3.63) is 64.6 Å². The number of rotatable bonds is 8. The topological polar surface area (TPSA) is 56.8 Å². The van der Waals surface area contributed by atoms with Gasteiger partial charge >= 0.3 is 0 Å². The van der Waals surface area contributed by atoms with E-state index >= 15 is 0 Å². The van der Waals surface area contributed by atoms with E-state index in [1.165, 1.54) is 0 Å². The maximum atomic E-state index is 12.2. The Bertz CT molecular complexity index is 974. The predicted molar refractivity (Wildman–Crippen MR) is 113 cm³/mol. The van der Waals surface area contributed by atoms with Crippen LogP contribution >= 0.6 is 15.9 Å². The van der Waals surface area contributed by atoms with Crippen LogP contribution in [0.4, 0.5) is 0 Å². The Morgan fingerprint density at radius 2 is 1.79 bits per heavy atom. The minimum Gasteiger partial charge on any atom is -0.493 e. The summed E-state index contributed by atoms with van der Waals surface area (Å²) >= 11 is 3.56. The molecule has 0 saturated carbocycles. The van der Waals surface area contributed by atoms with E-state index in [1.54, 1.807) is 7.11 Å². The molecule has 6 heteroatoms. The molecule has 0 atom stereocenters. The lowest BCUT2D eigenvalue weighted by Crippen LogP contribution is -2.28. The van der Waals surface area contributed by atoms with Crippen molar-refractivity contribution < 1.29 is 19.0 Å². The van der Waals surface area contributed by atoms with E-state index in [4.69, 9.17) is 14.2 Å². The van der Waals surface area contributed by atoms with Gasteiger partial charge in [-0.25, -0.2) is 0 Å². The van der Waals surface area contributed by atoms with Crippen molar-refractivity contribution in [3.8, 4) is 17.2 Å². The Labute approximate surface area is 172 Å². The molecule has 3 aromatic carbocycles. The Kier molecular flexibility index (Phi) is 6.76. The Morgan fingerprint density at radius 3 is 2.57 bits per heavy atom. The fourth-order valence-electron chi connectivity index (χ4n) is 2.82. The number of ether oxygens (including phenoxy) is 3. The number of hydrogen-bond donors (Lipinski definition) is 1. The van der Waals surface area contributed by atoms with E-state index in [-0.39, 0.29) is 12.5 Å². The molecule has 0 spiro atoms. The van der Waals surface area contributed by atoms with Crippen LogP contribution in [0.3, 0.4) is 0 Å². The highest BCUT2D eigenvalue weighted by Gasteiger charge is 2.10. The largest absolute Gasteiger partial charge is 0.493 e. The lowest BCUT2D eigenvalue weighted by Gasteiger charge is -2.12. The monoisotopic (exact) mass is 443 g/mol. The molecule has 1 N–H and O–H groups in total. The first-order valence-electron chi connectivity index (χ1n) is 8.98. The van der Waals surface area contributed by atoms with Crippen LogP contribution in [0, 0.1) is 0 Å². The highest BCUT2D eigenvalue weighted by Crippen LogP contribution is 2.33. The maximum absolute atomic E-state index is 12.2. The molecule has 3 aromatic rings. The molecule has 0 heterocycles. The van der Waals surface area contributed by atoms with E-state index in [1.807, 2.05) is 61.5 Å². The molecule has 146 valence electrons. The number of methoxy groups -OCH3 is 1. The van der Waals surface area contributed by atoms with E-state index < -0.39 is 0 Å². The molecule has 5 nitrogen and oxygen atoms in total. The summed E-state index contributed by atoms with van der Waals surface area (Å²) in [5.41, 5.74) is 0.917. The zero-order valence-corrected chi connectivity index (χ0v) is 17.4. The van der Waals surface area contributed by atoms with Gasteiger partial charge in [0, 0.05) is 6.54 Å². The zero-order chi connectivity index (χ0) is 19.9. The van der Waals surface area contributed by atoms with Gasteiger partial charge < -0.3 is 19.5 Å². The molecule has 0 unspecified atom stereocenters. The van der Waals surface area contributed by atoms with Crippen molar-refractivity contribution in [3.63, 3.8) is 0 Å². The molecule has 0 saturated heterocycles. The summed E-state index contributed by atoms with van der Waals surface area (Å²) in [7, 11) is 1.59. The number of carbonyl (C=O) groups is 1. The second-order valence-corrected chi connectivity index (χ2v) is 6.88.